The third kappa shape index (κ3) is 3.15. The fraction of sp³-hybridized carbons (Fsp3) is 0.143. The molecule has 4 N–H and O–H groups in total. The van der Waals surface area contributed by atoms with E-state index in [1.165, 1.54) is 0 Å². The van der Waals surface area contributed by atoms with Crippen molar-refractivity contribution in [1.29, 1.82) is 0 Å². The van der Waals surface area contributed by atoms with Gasteiger partial charge in [-0.1, -0.05) is 0 Å². The summed E-state index contributed by atoms with van der Waals surface area (Å²) in [6.07, 6.45) is 0. The molecule has 0 unspecified atom stereocenters. The molecule has 0 radical (unpaired) electrons. The SMILES string of the molecule is Cc1cc(NN)ccc1C(=O)Nc1ccc(Br)c(C)n1. The first-order valence-corrected chi connectivity index (χ1v) is 6.82. The van der Waals surface area contributed by atoms with Crippen molar-refractivity contribution < 1.29 is 4.79 Å². The standard InChI is InChI=1S/C14H15BrN4O/c1-8-7-10(19-16)3-4-11(8)14(20)18-13-6-5-12(15)9(2)17-13/h3-7,19H,16H2,1-2H3,(H,17,18,20). The zero-order valence-electron chi connectivity index (χ0n) is 11.2. The van der Waals surface area contributed by atoms with E-state index in [9.17, 15) is 4.79 Å². The normalized spacial score (nSPS) is 10.2. The lowest BCUT2D eigenvalue weighted by atomic mass is 10.1. The number of aryl methyl sites for hydroxylation is 2. The number of carbonyl (C=O) groups is 1. The van der Waals surface area contributed by atoms with Crippen LogP contribution in [0.4, 0.5) is 11.5 Å². The van der Waals surface area contributed by atoms with Crippen molar-refractivity contribution in [3.63, 3.8) is 0 Å². The second kappa shape index (κ2) is 6.02. The number of anilines is 2. The number of rotatable bonds is 3. The number of nitrogens with one attached hydrogen (secondary N) is 2. The summed E-state index contributed by atoms with van der Waals surface area (Å²) < 4.78 is 0.907. The van der Waals surface area contributed by atoms with Gasteiger partial charge in [0.25, 0.3) is 5.91 Å². The average molecular weight is 335 g/mol. The maximum Gasteiger partial charge on any atom is 0.257 e. The highest BCUT2D eigenvalue weighted by Gasteiger charge is 2.10. The summed E-state index contributed by atoms with van der Waals surface area (Å²) in [5.41, 5.74) is 5.56. The Labute approximate surface area is 125 Å². The third-order valence-corrected chi connectivity index (χ3v) is 3.74. The molecule has 0 fully saturated rings. The highest BCUT2D eigenvalue weighted by molar-refractivity contribution is 9.10. The van der Waals surface area contributed by atoms with Crippen LogP contribution in [0, 0.1) is 13.8 Å². The molecule has 1 aromatic heterocycles. The first-order valence-electron chi connectivity index (χ1n) is 6.03. The van der Waals surface area contributed by atoms with Gasteiger partial charge in [0.15, 0.2) is 0 Å². The van der Waals surface area contributed by atoms with Crippen LogP contribution in [-0.2, 0) is 0 Å². The lowest BCUT2D eigenvalue weighted by Crippen LogP contribution is -2.15. The van der Waals surface area contributed by atoms with Gasteiger partial charge in [0.1, 0.15) is 5.82 Å². The lowest BCUT2D eigenvalue weighted by molar-refractivity contribution is 0.102. The van der Waals surface area contributed by atoms with Crippen LogP contribution >= 0.6 is 15.9 Å². The second-order valence-corrected chi connectivity index (χ2v) is 5.25. The fourth-order valence-electron chi connectivity index (χ4n) is 1.81. The minimum absolute atomic E-state index is 0.194. The predicted molar refractivity (Wildman–Crippen MR) is 83.6 cm³/mol. The number of nitrogen functional groups attached to an aromatic ring is 1. The summed E-state index contributed by atoms with van der Waals surface area (Å²) in [7, 11) is 0. The number of halogens is 1. The monoisotopic (exact) mass is 334 g/mol. The van der Waals surface area contributed by atoms with Gasteiger partial charge in [-0.15, -0.1) is 0 Å². The zero-order chi connectivity index (χ0) is 14.7. The number of benzene rings is 1. The van der Waals surface area contributed by atoms with Gasteiger partial charge in [0, 0.05) is 15.7 Å². The van der Waals surface area contributed by atoms with Crippen LogP contribution in [0.15, 0.2) is 34.8 Å². The van der Waals surface area contributed by atoms with Crippen LogP contribution in [0.25, 0.3) is 0 Å². The molecule has 2 rings (SSSR count). The number of hydrazine groups is 1. The van der Waals surface area contributed by atoms with E-state index in [0.29, 0.717) is 11.4 Å². The molecule has 0 aliphatic heterocycles. The Morgan fingerprint density at radius 3 is 2.60 bits per heavy atom. The maximum absolute atomic E-state index is 12.2. The molecule has 20 heavy (non-hydrogen) atoms. The summed E-state index contributed by atoms with van der Waals surface area (Å²) in [5.74, 6) is 5.66. The van der Waals surface area contributed by atoms with E-state index in [1.807, 2.05) is 26.0 Å². The Kier molecular flexibility index (Phi) is 4.36. The lowest BCUT2D eigenvalue weighted by Gasteiger charge is -2.09. The average Bonchev–Trinajstić information content (AvgIpc) is 2.42. The summed E-state index contributed by atoms with van der Waals surface area (Å²) >= 11 is 3.37. The zero-order valence-corrected chi connectivity index (χ0v) is 12.8. The minimum Gasteiger partial charge on any atom is -0.324 e. The van der Waals surface area contributed by atoms with Crippen molar-refractivity contribution in [2.24, 2.45) is 5.84 Å². The molecule has 0 saturated heterocycles. The number of carbonyl (C=O) groups excluding carboxylic acids is 1. The molecule has 2 aromatic rings. The first kappa shape index (κ1) is 14.5. The van der Waals surface area contributed by atoms with Gasteiger partial charge in [-0.3, -0.25) is 10.6 Å². The van der Waals surface area contributed by atoms with Crippen molar-refractivity contribution in [2.75, 3.05) is 10.7 Å². The molecule has 5 nitrogen and oxygen atoms in total. The predicted octanol–water partition coefficient (Wildman–Crippen LogP) is 3.00. The van der Waals surface area contributed by atoms with Crippen LogP contribution in [0.1, 0.15) is 21.6 Å². The Morgan fingerprint density at radius 2 is 2.00 bits per heavy atom. The summed E-state index contributed by atoms with van der Waals surface area (Å²) in [4.78, 5) is 16.5. The molecule has 0 atom stereocenters. The van der Waals surface area contributed by atoms with Crippen molar-refractivity contribution in [3.8, 4) is 0 Å². The van der Waals surface area contributed by atoms with Crippen LogP contribution in [0.3, 0.4) is 0 Å². The summed E-state index contributed by atoms with van der Waals surface area (Å²) in [6.45, 7) is 3.72. The largest absolute Gasteiger partial charge is 0.324 e. The van der Waals surface area contributed by atoms with Gasteiger partial charge in [-0.2, -0.15) is 0 Å². The van der Waals surface area contributed by atoms with E-state index < -0.39 is 0 Å². The molecule has 0 aliphatic carbocycles. The van der Waals surface area contributed by atoms with Gasteiger partial charge in [0.05, 0.1) is 5.69 Å². The van der Waals surface area contributed by atoms with E-state index >= 15 is 0 Å². The number of nitrogens with zero attached hydrogens (tertiary/aromatic N) is 1. The van der Waals surface area contributed by atoms with Crippen molar-refractivity contribution in [2.45, 2.75) is 13.8 Å². The molecule has 0 bridgehead atoms. The summed E-state index contributed by atoms with van der Waals surface area (Å²) in [5, 5.41) is 2.78. The van der Waals surface area contributed by atoms with E-state index in [4.69, 9.17) is 5.84 Å². The molecule has 1 amide bonds. The smallest absolute Gasteiger partial charge is 0.257 e. The van der Waals surface area contributed by atoms with E-state index in [-0.39, 0.29) is 5.91 Å². The highest BCUT2D eigenvalue weighted by Crippen LogP contribution is 2.18. The van der Waals surface area contributed by atoms with Crippen LogP contribution in [0.5, 0.6) is 0 Å². The second-order valence-electron chi connectivity index (χ2n) is 4.39. The Hall–Kier alpha value is -1.92. The first-order chi connectivity index (χ1) is 9.51. The highest BCUT2D eigenvalue weighted by atomic mass is 79.9. The van der Waals surface area contributed by atoms with Gasteiger partial charge < -0.3 is 10.7 Å². The number of hydrogen-bond donors (Lipinski definition) is 3. The molecular weight excluding hydrogens is 320 g/mol. The molecule has 1 heterocycles. The molecule has 0 spiro atoms. The molecule has 0 saturated carbocycles. The Morgan fingerprint density at radius 1 is 1.25 bits per heavy atom. The maximum atomic E-state index is 12.2. The number of aromatic nitrogens is 1. The molecule has 0 aliphatic rings. The molecule has 104 valence electrons. The number of amides is 1. The fourth-order valence-corrected chi connectivity index (χ4v) is 2.03. The van der Waals surface area contributed by atoms with Gasteiger partial charge in [-0.05, 0) is 65.7 Å². The number of hydrogen-bond acceptors (Lipinski definition) is 4. The van der Waals surface area contributed by atoms with Gasteiger partial charge in [0.2, 0.25) is 0 Å². The van der Waals surface area contributed by atoms with Crippen LogP contribution < -0.4 is 16.6 Å². The van der Waals surface area contributed by atoms with Gasteiger partial charge >= 0.3 is 0 Å². The Bertz CT molecular complexity index is 658. The van der Waals surface area contributed by atoms with Crippen LogP contribution in [-0.4, -0.2) is 10.9 Å². The third-order valence-electron chi connectivity index (χ3n) is 2.90. The summed E-state index contributed by atoms with van der Waals surface area (Å²) in [6, 6.07) is 8.90. The Balaban J connectivity index is 2.21. The van der Waals surface area contributed by atoms with E-state index in [0.717, 1.165) is 21.4 Å². The number of nitrogens with two attached hydrogens (primary N) is 1. The van der Waals surface area contributed by atoms with E-state index in [2.05, 4.69) is 31.7 Å². The molecular formula is C14H15BrN4O. The molecule has 6 heteroatoms. The van der Waals surface area contributed by atoms with Gasteiger partial charge in [-0.25, -0.2) is 4.98 Å². The topological polar surface area (TPSA) is 80.0 Å². The quantitative estimate of drug-likeness (QED) is 0.595. The number of pyridine rings is 1. The van der Waals surface area contributed by atoms with E-state index in [1.54, 1.807) is 18.2 Å². The van der Waals surface area contributed by atoms with Crippen LogP contribution in [0.2, 0.25) is 0 Å². The van der Waals surface area contributed by atoms with Crippen molar-refractivity contribution in [1.82, 2.24) is 4.98 Å². The van der Waals surface area contributed by atoms with Crippen molar-refractivity contribution in [3.05, 3.63) is 51.6 Å². The molecule has 1 aromatic carbocycles. The van der Waals surface area contributed by atoms with Crippen molar-refractivity contribution >= 4 is 33.3 Å². The minimum atomic E-state index is -0.194.